The van der Waals surface area contributed by atoms with E-state index in [2.05, 4.69) is 54.6 Å². The number of fused-ring (bicyclic) bond motifs is 5. The maximum Gasteiger partial charge on any atom is 0.163 e. The molecule has 3 aliphatic rings. The van der Waals surface area contributed by atoms with E-state index in [1.165, 1.54) is 36.0 Å². The minimum atomic E-state index is 0.208. The van der Waals surface area contributed by atoms with E-state index in [1.807, 2.05) is 0 Å². The summed E-state index contributed by atoms with van der Waals surface area (Å²) in [5.41, 5.74) is 6.71. The maximum atomic E-state index is 12.6. The highest BCUT2D eigenvalue weighted by atomic mass is 16.1. The van der Waals surface area contributed by atoms with Gasteiger partial charge in [0.2, 0.25) is 0 Å². The summed E-state index contributed by atoms with van der Waals surface area (Å²) in [4.78, 5) is 12.6. The summed E-state index contributed by atoms with van der Waals surface area (Å²) < 4.78 is 0. The Morgan fingerprint density at radius 1 is 0.957 bits per heavy atom. The summed E-state index contributed by atoms with van der Waals surface area (Å²) in [6.07, 6.45) is 7.81. The fourth-order valence-corrected chi connectivity index (χ4v) is 5.27. The van der Waals surface area contributed by atoms with Gasteiger partial charge < -0.3 is 0 Å². The van der Waals surface area contributed by atoms with E-state index in [0.717, 1.165) is 18.4 Å². The Morgan fingerprint density at radius 3 is 2.52 bits per heavy atom. The summed E-state index contributed by atoms with van der Waals surface area (Å²) in [6.45, 7) is 0. The molecule has 1 fully saturated rings. The SMILES string of the molecule is O=C1CCC2(CC3=CCC2C3)c2c1cccc2-c1ccccc1. The standard InChI is InChI=1S/C22H20O/c23-20-11-12-22(14-15-9-10-17(22)13-15)21-18(7-4-8-19(20)21)16-5-2-1-3-6-16/h1-9,17H,10-14H2. The van der Waals surface area contributed by atoms with E-state index in [9.17, 15) is 4.79 Å². The molecule has 0 amide bonds. The lowest BCUT2D eigenvalue weighted by atomic mass is 9.60. The molecule has 5 rings (SSSR count). The van der Waals surface area contributed by atoms with E-state index in [0.29, 0.717) is 11.7 Å². The van der Waals surface area contributed by atoms with Crippen LogP contribution in [0.25, 0.3) is 11.1 Å². The molecule has 3 aliphatic carbocycles. The maximum absolute atomic E-state index is 12.6. The number of benzene rings is 2. The number of carbonyl (C=O) groups excluding carboxylic acids is 1. The average molecular weight is 300 g/mol. The second-order valence-corrected chi connectivity index (χ2v) is 7.35. The molecular formula is C22H20O. The molecule has 2 bridgehead atoms. The highest BCUT2D eigenvalue weighted by Crippen LogP contribution is 2.60. The van der Waals surface area contributed by atoms with Crippen LogP contribution in [0.5, 0.6) is 0 Å². The zero-order valence-electron chi connectivity index (χ0n) is 13.2. The van der Waals surface area contributed by atoms with Gasteiger partial charge in [-0.25, -0.2) is 0 Å². The van der Waals surface area contributed by atoms with Crippen molar-refractivity contribution in [3.8, 4) is 11.1 Å². The molecule has 1 nitrogen and oxygen atoms in total. The second kappa shape index (κ2) is 4.67. The van der Waals surface area contributed by atoms with Crippen LogP contribution in [0, 0.1) is 5.92 Å². The van der Waals surface area contributed by atoms with Crippen molar-refractivity contribution in [2.45, 2.75) is 37.5 Å². The molecule has 0 radical (unpaired) electrons. The zero-order valence-corrected chi connectivity index (χ0v) is 13.2. The van der Waals surface area contributed by atoms with E-state index < -0.39 is 0 Å². The van der Waals surface area contributed by atoms with Crippen LogP contribution in [0.2, 0.25) is 0 Å². The normalized spacial score (nSPS) is 28.1. The highest BCUT2D eigenvalue weighted by molar-refractivity contribution is 6.01. The average Bonchev–Trinajstić information content (AvgIpc) is 3.20. The van der Waals surface area contributed by atoms with Gasteiger partial charge in [0.05, 0.1) is 0 Å². The van der Waals surface area contributed by atoms with Crippen LogP contribution < -0.4 is 0 Å². The molecule has 23 heavy (non-hydrogen) atoms. The van der Waals surface area contributed by atoms with Crippen LogP contribution >= 0.6 is 0 Å². The Balaban J connectivity index is 1.79. The van der Waals surface area contributed by atoms with Crippen LogP contribution in [0.1, 0.15) is 48.0 Å². The number of allylic oxidation sites excluding steroid dienone is 2. The molecule has 2 aromatic rings. The summed E-state index contributed by atoms with van der Waals surface area (Å²) in [7, 11) is 0. The minimum absolute atomic E-state index is 0.208. The fourth-order valence-electron chi connectivity index (χ4n) is 5.27. The van der Waals surface area contributed by atoms with Gasteiger partial charge in [0.1, 0.15) is 0 Å². The minimum Gasteiger partial charge on any atom is -0.294 e. The Hall–Kier alpha value is -2.15. The molecule has 1 heteroatoms. The largest absolute Gasteiger partial charge is 0.294 e. The van der Waals surface area contributed by atoms with E-state index in [1.54, 1.807) is 5.57 Å². The van der Waals surface area contributed by atoms with Crippen molar-refractivity contribution in [3.63, 3.8) is 0 Å². The van der Waals surface area contributed by atoms with Gasteiger partial charge in [-0.05, 0) is 48.3 Å². The topological polar surface area (TPSA) is 17.1 Å². The van der Waals surface area contributed by atoms with Crippen LogP contribution in [0.3, 0.4) is 0 Å². The molecule has 114 valence electrons. The van der Waals surface area contributed by atoms with Gasteiger partial charge in [-0.3, -0.25) is 4.79 Å². The van der Waals surface area contributed by atoms with Crippen molar-refractivity contribution in [2.24, 2.45) is 5.92 Å². The molecule has 0 saturated heterocycles. The molecule has 2 atom stereocenters. The van der Waals surface area contributed by atoms with Gasteiger partial charge >= 0.3 is 0 Å². The molecular weight excluding hydrogens is 280 g/mol. The predicted molar refractivity (Wildman–Crippen MR) is 92.5 cm³/mol. The van der Waals surface area contributed by atoms with E-state index in [4.69, 9.17) is 0 Å². The number of ketones is 1. The smallest absolute Gasteiger partial charge is 0.163 e. The molecule has 0 heterocycles. The highest BCUT2D eigenvalue weighted by Gasteiger charge is 2.52. The van der Waals surface area contributed by atoms with E-state index >= 15 is 0 Å². The van der Waals surface area contributed by atoms with Gasteiger partial charge in [-0.2, -0.15) is 0 Å². The second-order valence-electron chi connectivity index (χ2n) is 7.35. The lowest BCUT2D eigenvalue weighted by molar-refractivity contribution is 0.0940. The van der Waals surface area contributed by atoms with Crippen molar-refractivity contribution < 1.29 is 4.79 Å². The quantitative estimate of drug-likeness (QED) is 0.652. The molecule has 0 aliphatic heterocycles. The Morgan fingerprint density at radius 2 is 1.78 bits per heavy atom. The summed E-state index contributed by atoms with van der Waals surface area (Å²) in [5, 5.41) is 0. The summed E-state index contributed by atoms with van der Waals surface area (Å²) >= 11 is 0. The first-order chi connectivity index (χ1) is 11.3. The number of Topliss-reactive ketones (excluding diaryl/α,β-unsaturated/α-hetero) is 1. The first kappa shape index (κ1) is 13.3. The van der Waals surface area contributed by atoms with Crippen LogP contribution in [-0.4, -0.2) is 5.78 Å². The fraction of sp³-hybridized carbons (Fsp3) is 0.318. The number of hydrogen-bond acceptors (Lipinski definition) is 1. The Kier molecular flexibility index (Phi) is 2.70. The lowest BCUT2D eigenvalue weighted by Crippen LogP contribution is -2.37. The number of hydrogen-bond donors (Lipinski definition) is 0. The van der Waals surface area contributed by atoms with Crippen LogP contribution in [-0.2, 0) is 5.41 Å². The van der Waals surface area contributed by atoms with Crippen molar-refractivity contribution >= 4 is 5.78 Å². The first-order valence-corrected chi connectivity index (χ1v) is 8.68. The van der Waals surface area contributed by atoms with Gasteiger partial charge in [-0.1, -0.05) is 60.2 Å². The lowest BCUT2D eigenvalue weighted by Gasteiger charge is -2.42. The zero-order chi connectivity index (χ0) is 15.4. The molecule has 0 N–H and O–H groups in total. The van der Waals surface area contributed by atoms with E-state index in [-0.39, 0.29) is 5.41 Å². The van der Waals surface area contributed by atoms with Crippen molar-refractivity contribution in [1.82, 2.24) is 0 Å². The Labute approximate surface area is 137 Å². The monoisotopic (exact) mass is 300 g/mol. The molecule has 1 saturated carbocycles. The van der Waals surface area contributed by atoms with Crippen molar-refractivity contribution in [2.75, 3.05) is 0 Å². The first-order valence-electron chi connectivity index (χ1n) is 8.68. The predicted octanol–water partition coefficient (Wildman–Crippen LogP) is 5.31. The molecule has 2 unspecified atom stereocenters. The van der Waals surface area contributed by atoms with Crippen molar-refractivity contribution in [3.05, 3.63) is 71.3 Å². The molecule has 1 spiro atoms. The summed E-state index contributed by atoms with van der Waals surface area (Å²) in [6, 6.07) is 16.9. The van der Waals surface area contributed by atoms with Gasteiger partial charge in [0.25, 0.3) is 0 Å². The van der Waals surface area contributed by atoms with Crippen LogP contribution in [0.4, 0.5) is 0 Å². The van der Waals surface area contributed by atoms with Gasteiger partial charge in [0, 0.05) is 17.4 Å². The molecule has 0 aromatic heterocycles. The van der Waals surface area contributed by atoms with Gasteiger partial charge in [-0.15, -0.1) is 0 Å². The third-order valence-electron chi connectivity index (χ3n) is 6.27. The van der Waals surface area contributed by atoms with Crippen LogP contribution in [0.15, 0.2) is 60.2 Å². The third-order valence-corrected chi connectivity index (χ3v) is 6.27. The van der Waals surface area contributed by atoms with Crippen molar-refractivity contribution in [1.29, 1.82) is 0 Å². The summed E-state index contributed by atoms with van der Waals surface area (Å²) in [5.74, 6) is 1.04. The molecule has 2 aromatic carbocycles. The Bertz CT molecular complexity index is 830. The number of rotatable bonds is 1. The number of carbonyl (C=O) groups is 1. The van der Waals surface area contributed by atoms with Gasteiger partial charge in [0.15, 0.2) is 5.78 Å². The third kappa shape index (κ3) is 1.77.